The lowest BCUT2D eigenvalue weighted by atomic mass is 9.93. The second-order valence-corrected chi connectivity index (χ2v) is 3.78. The summed E-state index contributed by atoms with van der Waals surface area (Å²) in [5.41, 5.74) is 1.45. The molecule has 0 aliphatic heterocycles. The van der Waals surface area contributed by atoms with Gasteiger partial charge in [0, 0.05) is 6.42 Å². The molecule has 0 spiro atoms. The number of aromatic hydroxyl groups is 2. The summed E-state index contributed by atoms with van der Waals surface area (Å²) < 4.78 is 0. The molecule has 0 saturated carbocycles. The van der Waals surface area contributed by atoms with Crippen molar-refractivity contribution in [2.75, 3.05) is 0 Å². The summed E-state index contributed by atoms with van der Waals surface area (Å²) in [5, 5.41) is 27.3. The number of nitrogens with two attached hydrogens (primary N) is 1. The highest BCUT2D eigenvalue weighted by Gasteiger charge is 2.32. The minimum Gasteiger partial charge on any atom is -0.504 e. The first-order valence-electron chi connectivity index (χ1n) is 4.61. The molecule has 0 bridgehead atoms. The molecule has 0 aliphatic rings. The van der Waals surface area contributed by atoms with Crippen molar-refractivity contribution < 1.29 is 20.1 Å². The first-order valence-corrected chi connectivity index (χ1v) is 4.61. The number of rotatable bonds is 4. The van der Waals surface area contributed by atoms with Gasteiger partial charge in [0.15, 0.2) is 11.5 Å². The number of carboxylic acid groups (broad SMARTS) is 1. The van der Waals surface area contributed by atoms with Gasteiger partial charge in [0.1, 0.15) is 5.54 Å². The van der Waals surface area contributed by atoms with Crippen LogP contribution in [0, 0.1) is 0 Å². The molecule has 1 aromatic carbocycles. The Labute approximate surface area is 104 Å². The van der Waals surface area contributed by atoms with Crippen molar-refractivity contribution in [2.24, 2.45) is 5.84 Å². The predicted octanol–water partition coefficient (Wildman–Crippen LogP) is 0.369. The van der Waals surface area contributed by atoms with E-state index in [2.05, 4.69) is 5.43 Å². The second kappa shape index (κ2) is 5.72. The standard InChI is InChI=1S/C10H14N2O4.ClH/c1-10(12-11,9(15)16)5-6-2-3-7(13)8(14)4-6;/h2-4,12-14H,5,11H2,1H3,(H,15,16);1H. The quantitative estimate of drug-likeness (QED) is 0.304. The molecule has 7 heteroatoms. The smallest absolute Gasteiger partial charge is 0.325 e. The van der Waals surface area contributed by atoms with Gasteiger partial charge in [0.2, 0.25) is 0 Å². The van der Waals surface area contributed by atoms with Crippen LogP contribution in [0.4, 0.5) is 0 Å². The number of aliphatic carboxylic acids is 1. The lowest BCUT2D eigenvalue weighted by Gasteiger charge is -2.23. The van der Waals surface area contributed by atoms with Gasteiger partial charge in [0.05, 0.1) is 0 Å². The number of phenolic OH excluding ortho intramolecular Hbond substituents is 2. The van der Waals surface area contributed by atoms with Crippen molar-refractivity contribution in [2.45, 2.75) is 18.9 Å². The van der Waals surface area contributed by atoms with Crippen LogP contribution in [-0.2, 0) is 11.2 Å². The largest absolute Gasteiger partial charge is 0.504 e. The fourth-order valence-corrected chi connectivity index (χ4v) is 1.28. The minimum absolute atomic E-state index is 0. The second-order valence-electron chi connectivity index (χ2n) is 3.78. The van der Waals surface area contributed by atoms with Crippen molar-refractivity contribution in [1.29, 1.82) is 0 Å². The molecule has 1 rings (SSSR count). The Morgan fingerprint density at radius 3 is 2.41 bits per heavy atom. The molecule has 1 atom stereocenters. The number of hydrogen-bond donors (Lipinski definition) is 5. The van der Waals surface area contributed by atoms with Gasteiger partial charge in [-0.3, -0.25) is 10.6 Å². The minimum atomic E-state index is -1.32. The van der Waals surface area contributed by atoms with Gasteiger partial charge in [-0.05, 0) is 24.6 Å². The van der Waals surface area contributed by atoms with Crippen LogP contribution in [0.5, 0.6) is 11.5 Å². The topological polar surface area (TPSA) is 116 Å². The molecule has 6 N–H and O–H groups in total. The molecule has 0 radical (unpaired) electrons. The molecule has 0 saturated heterocycles. The summed E-state index contributed by atoms with van der Waals surface area (Å²) in [5.74, 6) is 3.55. The maximum atomic E-state index is 11.0. The summed E-state index contributed by atoms with van der Waals surface area (Å²) in [4.78, 5) is 11.0. The number of hydrazine groups is 1. The zero-order chi connectivity index (χ0) is 12.3. The van der Waals surface area contributed by atoms with E-state index in [1.54, 1.807) is 0 Å². The van der Waals surface area contributed by atoms with Crippen LogP contribution in [0.1, 0.15) is 12.5 Å². The Morgan fingerprint density at radius 1 is 1.41 bits per heavy atom. The fourth-order valence-electron chi connectivity index (χ4n) is 1.28. The summed E-state index contributed by atoms with van der Waals surface area (Å²) >= 11 is 0. The van der Waals surface area contributed by atoms with Crippen LogP contribution in [-0.4, -0.2) is 26.8 Å². The molecule has 0 aliphatic carbocycles. The van der Waals surface area contributed by atoms with Gasteiger partial charge in [-0.15, -0.1) is 12.4 Å². The Balaban J connectivity index is 0.00000256. The van der Waals surface area contributed by atoms with Crippen molar-refractivity contribution >= 4 is 18.4 Å². The molecular weight excluding hydrogens is 248 g/mol. The van der Waals surface area contributed by atoms with E-state index < -0.39 is 11.5 Å². The molecule has 96 valence electrons. The summed E-state index contributed by atoms with van der Waals surface area (Å²) in [6.07, 6.45) is 0.0900. The van der Waals surface area contributed by atoms with Crippen molar-refractivity contribution in [3.63, 3.8) is 0 Å². The van der Waals surface area contributed by atoms with E-state index in [9.17, 15) is 9.90 Å². The summed E-state index contributed by atoms with van der Waals surface area (Å²) in [7, 11) is 0. The third-order valence-electron chi connectivity index (χ3n) is 2.39. The number of hydrogen-bond acceptors (Lipinski definition) is 5. The molecular formula is C10H15ClN2O4. The fraction of sp³-hybridized carbons (Fsp3) is 0.300. The molecule has 0 heterocycles. The SMILES string of the molecule is CC(Cc1ccc(O)c(O)c1)(NN)C(=O)O.Cl. The molecule has 0 aromatic heterocycles. The number of carbonyl (C=O) groups is 1. The normalized spacial score (nSPS) is 13.5. The Morgan fingerprint density at radius 2 is 2.00 bits per heavy atom. The van der Waals surface area contributed by atoms with E-state index in [1.807, 2.05) is 0 Å². The van der Waals surface area contributed by atoms with Crippen LogP contribution in [0.3, 0.4) is 0 Å². The molecule has 17 heavy (non-hydrogen) atoms. The molecule has 1 unspecified atom stereocenters. The van der Waals surface area contributed by atoms with E-state index in [0.29, 0.717) is 5.56 Å². The van der Waals surface area contributed by atoms with E-state index >= 15 is 0 Å². The van der Waals surface area contributed by atoms with Gasteiger partial charge >= 0.3 is 5.97 Å². The van der Waals surface area contributed by atoms with E-state index in [0.717, 1.165) is 0 Å². The lowest BCUT2D eigenvalue weighted by molar-refractivity contribution is -0.144. The van der Waals surface area contributed by atoms with E-state index in [1.165, 1.54) is 25.1 Å². The number of benzene rings is 1. The zero-order valence-electron chi connectivity index (χ0n) is 9.17. The first kappa shape index (κ1) is 15.5. The summed E-state index contributed by atoms with van der Waals surface area (Å²) in [6, 6.07) is 4.12. The number of halogens is 1. The third kappa shape index (κ3) is 3.48. The van der Waals surface area contributed by atoms with E-state index in [-0.39, 0.29) is 30.3 Å². The van der Waals surface area contributed by atoms with Crippen LogP contribution >= 0.6 is 12.4 Å². The van der Waals surface area contributed by atoms with Gasteiger partial charge in [0.25, 0.3) is 0 Å². The summed E-state index contributed by atoms with van der Waals surface area (Å²) in [6.45, 7) is 1.43. The van der Waals surface area contributed by atoms with Crippen molar-refractivity contribution in [3.8, 4) is 11.5 Å². The molecule has 1 aromatic rings. The number of phenols is 2. The maximum Gasteiger partial charge on any atom is 0.325 e. The van der Waals surface area contributed by atoms with Crippen LogP contribution in [0.2, 0.25) is 0 Å². The van der Waals surface area contributed by atoms with Gasteiger partial charge < -0.3 is 15.3 Å². The predicted molar refractivity (Wildman–Crippen MR) is 64.1 cm³/mol. The van der Waals surface area contributed by atoms with Gasteiger partial charge in [-0.25, -0.2) is 5.43 Å². The lowest BCUT2D eigenvalue weighted by Crippen LogP contribution is -2.54. The van der Waals surface area contributed by atoms with Gasteiger partial charge in [-0.2, -0.15) is 0 Å². The van der Waals surface area contributed by atoms with Crippen LogP contribution in [0.25, 0.3) is 0 Å². The number of carboxylic acids is 1. The average molecular weight is 263 g/mol. The Kier molecular flexibility index (Phi) is 5.21. The highest BCUT2D eigenvalue weighted by molar-refractivity contribution is 5.85. The molecule has 0 fully saturated rings. The van der Waals surface area contributed by atoms with Crippen molar-refractivity contribution in [1.82, 2.24) is 5.43 Å². The van der Waals surface area contributed by atoms with Crippen molar-refractivity contribution in [3.05, 3.63) is 23.8 Å². The Hall–Kier alpha value is -1.50. The monoisotopic (exact) mass is 262 g/mol. The molecule has 6 nitrogen and oxygen atoms in total. The number of nitrogens with one attached hydrogen (secondary N) is 1. The maximum absolute atomic E-state index is 11.0. The molecule has 0 amide bonds. The van der Waals surface area contributed by atoms with E-state index in [4.69, 9.17) is 16.1 Å². The Bertz CT molecular complexity index is 413. The average Bonchev–Trinajstić information content (AvgIpc) is 2.23. The highest BCUT2D eigenvalue weighted by Crippen LogP contribution is 2.26. The van der Waals surface area contributed by atoms with Crippen LogP contribution in [0.15, 0.2) is 18.2 Å². The van der Waals surface area contributed by atoms with Crippen LogP contribution < -0.4 is 11.3 Å². The first-order chi connectivity index (χ1) is 7.39. The third-order valence-corrected chi connectivity index (χ3v) is 2.39. The van der Waals surface area contributed by atoms with Gasteiger partial charge in [-0.1, -0.05) is 6.07 Å². The zero-order valence-corrected chi connectivity index (χ0v) is 9.99. The highest BCUT2D eigenvalue weighted by atomic mass is 35.5.